The molecule has 0 spiro atoms. The van der Waals surface area contributed by atoms with E-state index in [1.165, 1.54) is 11.1 Å². The molecule has 1 aromatic carbocycles. The van der Waals surface area contributed by atoms with Crippen molar-refractivity contribution in [2.45, 2.75) is 45.6 Å². The number of ether oxygens (including phenoxy) is 1. The van der Waals surface area contributed by atoms with Crippen LogP contribution in [-0.2, 0) is 4.74 Å². The number of benzene rings is 1. The summed E-state index contributed by atoms with van der Waals surface area (Å²) in [6.07, 6.45) is 4.13. The van der Waals surface area contributed by atoms with Crippen LogP contribution in [0.15, 0.2) is 41.5 Å². The van der Waals surface area contributed by atoms with E-state index < -0.39 is 0 Å². The molecule has 1 fully saturated rings. The summed E-state index contributed by atoms with van der Waals surface area (Å²) in [5.74, 6) is -0.193. The molecule has 0 unspecified atom stereocenters. The molecule has 0 aliphatic heterocycles. The van der Waals surface area contributed by atoms with Gasteiger partial charge in [-0.3, -0.25) is 0 Å². The topological polar surface area (TPSA) is 26.3 Å². The summed E-state index contributed by atoms with van der Waals surface area (Å²) in [4.78, 5) is 11.9. The molecule has 0 N–H and O–H groups in total. The zero-order valence-corrected chi connectivity index (χ0v) is 11.1. The minimum Gasteiger partial charge on any atom is -0.459 e. The first-order valence-corrected chi connectivity index (χ1v) is 6.58. The molecule has 2 heteroatoms. The van der Waals surface area contributed by atoms with Crippen LogP contribution in [0.25, 0.3) is 0 Å². The molecular weight excluding hydrogens is 224 g/mol. The minimum atomic E-state index is -0.193. The van der Waals surface area contributed by atoms with Crippen LogP contribution < -0.4 is 0 Å². The van der Waals surface area contributed by atoms with Crippen LogP contribution in [0.3, 0.4) is 0 Å². The van der Waals surface area contributed by atoms with Gasteiger partial charge in [-0.2, -0.15) is 0 Å². The summed E-state index contributed by atoms with van der Waals surface area (Å²) in [5, 5.41) is 0. The summed E-state index contributed by atoms with van der Waals surface area (Å²) >= 11 is 0. The van der Waals surface area contributed by atoms with E-state index in [9.17, 15) is 4.79 Å². The molecule has 0 atom stereocenters. The Balaban J connectivity index is 1.89. The molecule has 1 aliphatic carbocycles. The maximum absolute atomic E-state index is 11.9. The van der Waals surface area contributed by atoms with Gasteiger partial charge < -0.3 is 4.74 Å². The predicted molar refractivity (Wildman–Crippen MR) is 72.5 cm³/mol. The monoisotopic (exact) mass is 244 g/mol. The zero-order chi connectivity index (χ0) is 13.0. The Morgan fingerprint density at radius 2 is 1.72 bits per heavy atom. The van der Waals surface area contributed by atoms with Crippen LogP contribution in [0.5, 0.6) is 0 Å². The molecule has 2 nitrogen and oxygen atoms in total. The number of carbonyl (C=O) groups is 1. The third-order valence-corrected chi connectivity index (χ3v) is 3.53. The predicted octanol–water partition coefficient (Wildman–Crippen LogP) is 4.12. The fourth-order valence-corrected chi connectivity index (χ4v) is 2.35. The van der Waals surface area contributed by atoms with E-state index in [1.54, 1.807) is 12.1 Å². The van der Waals surface area contributed by atoms with E-state index in [2.05, 4.69) is 13.8 Å². The van der Waals surface area contributed by atoms with Gasteiger partial charge in [0.05, 0.1) is 5.56 Å². The highest BCUT2D eigenvalue weighted by Crippen LogP contribution is 2.28. The van der Waals surface area contributed by atoms with Crippen LogP contribution in [0.2, 0.25) is 0 Å². The molecule has 1 aromatic rings. The smallest absolute Gasteiger partial charge is 0.338 e. The second kappa shape index (κ2) is 5.85. The van der Waals surface area contributed by atoms with Crippen LogP contribution in [0.4, 0.5) is 0 Å². The maximum Gasteiger partial charge on any atom is 0.338 e. The van der Waals surface area contributed by atoms with Crippen molar-refractivity contribution in [1.29, 1.82) is 0 Å². The average molecular weight is 244 g/mol. The number of rotatable bonds is 2. The van der Waals surface area contributed by atoms with Crippen molar-refractivity contribution in [2.24, 2.45) is 0 Å². The molecule has 1 aliphatic rings. The van der Waals surface area contributed by atoms with Gasteiger partial charge in [0.25, 0.3) is 0 Å². The van der Waals surface area contributed by atoms with Crippen LogP contribution in [0.1, 0.15) is 49.9 Å². The zero-order valence-electron chi connectivity index (χ0n) is 11.1. The lowest BCUT2D eigenvalue weighted by Crippen LogP contribution is -2.22. The van der Waals surface area contributed by atoms with E-state index in [1.807, 2.05) is 18.2 Å². The fourth-order valence-electron chi connectivity index (χ4n) is 2.35. The lowest BCUT2D eigenvalue weighted by molar-refractivity contribution is 0.0238. The third kappa shape index (κ3) is 3.22. The first kappa shape index (κ1) is 12.9. The van der Waals surface area contributed by atoms with Crippen LogP contribution in [0, 0.1) is 0 Å². The Morgan fingerprint density at radius 3 is 2.28 bits per heavy atom. The van der Waals surface area contributed by atoms with E-state index in [0.717, 1.165) is 25.7 Å². The first-order chi connectivity index (χ1) is 8.66. The quantitative estimate of drug-likeness (QED) is 0.577. The van der Waals surface area contributed by atoms with Crippen LogP contribution in [-0.4, -0.2) is 12.1 Å². The summed E-state index contributed by atoms with van der Waals surface area (Å²) in [7, 11) is 0. The molecule has 0 amide bonds. The number of carbonyl (C=O) groups excluding carboxylic acids is 1. The van der Waals surface area contributed by atoms with E-state index in [0.29, 0.717) is 5.56 Å². The summed E-state index contributed by atoms with van der Waals surface area (Å²) in [6, 6.07) is 9.22. The van der Waals surface area contributed by atoms with Crippen molar-refractivity contribution in [3.8, 4) is 0 Å². The lowest BCUT2D eigenvalue weighted by atomic mass is 9.90. The number of allylic oxidation sites excluding steroid dienone is 2. The third-order valence-electron chi connectivity index (χ3n) is 3.53. The van der Waals surface area contributed by atoms with E-state index in [4.69, 9.17) is 4.74 Å². The largest absolute Gasteiger partial charge is 0.459 e. The van der Waals surface area contributed by atoms with Gasteiger partial charge in [0.1, 0.15) is 6.10 Å². The van der Waals surface area contributed by atoms with E-state index >= 15 is 0 Å². The number of esters is 1. The normalized spacial score (nSPS) is 19.4. The van der Waals surface area contributed by atoms with Crippen molar-refractivity contribution in [3.63, 3.8) is 0 Å². The fraction of sp³-hybridized carbons (Fsp3) is 0.438. The van der Waals surface area contributed by atoms with Gasteiger partial charge in [0.2, 0.25) is 0 Å². The van der Waals surface area contributed by atoms with Crippen molar-refractivity contribution >= 4 is 5.97 Å². The Hall–Kier alpha value is -1.57. The number of hydrogen-bond donors (Lipinski definition) is 0. The molecule has 1 saturated carbocycles. The van der Waals surface area contributed by atoms with Crippen LogP contribution >= 0.6 is 0 Å². The van der Waals surface area contributed by atoms with Crippen molar-refractivity contribution in [2.75, 3.05) is 0 Å². The molecule has 96 valence electrons. The Kier molecular flexibility index (Phi) is 4.19. The lowest BCUT2D eigenvalue weighted by Gasteiger charge is -2.25. The van der Waals surface area contributed by atoms with Gasteiger partial charge in [-0.1, -0.05) is 29.3 Å². The Bertz CT molecular complexity index is 431. The Morgan fingerprint density at radius 1 is 1.11 bits per heavy atom. The standard InChI is InChI=1S/C16H20O2/c1-12(2)13-8-10-15(11-9-13)18-16(17)14-6-4-3-5-7-14/h3-7,15H,8-11H2,1-2H3. The number of hydrogen-bond acceptors (Lipinski definition) is 2. The molecule has 0 heterocycles. The molecule has 0 saturated heterocycles. The molecule has 0 bridgehead atoms. The van der Waals surface area contributed by atoms with Gasteiger partial charge >= 0.3 is 5.97 Å². The molecule has 18 heavy (non-hydrogen) atoms. The summed E-state index contributed by atoms with van der Waals surface area (Å²) in [5.41, 5.74) is 3.59. The van der Waals surface area contributed by atoms with Crippen molar-refractivity contribution < 1.29 is 9.53 Å². The average Bonchev–Trinajstić information content (AvgIpc) is 2.40. The minimum absolute atomic E-state index is 0.0841. The first-order valence-electron chi connectivity index (χ1n) is 6.58. The van der Waals surface area contributed by atoms with E-state index in [-0.39, 0.29) is 12.1 Å². The van der Waals surface area contributed by atoms with Gasteiger partial charge in [0.15, 0.2) is 0 Å². The second-order valence-corrected chi connectivity index (χ2v) is 5.07. The molecule has 0 radical (unpaired) electrons. The maximum atomic E-state index is 11.9. The SMILES string of the molecule is CC(C)=C1CCC(OC(=O)c2ccccc2)CC1. The van der Waals surface area contributed by atoms with Crippen molar-refractivity contribution in [3.05, 3.63) is 47.0 Å². The van der Waals surface area contributed by atoms with Crippen molar-refractivity contribution in [1.82, 2.24) is 0 Å². The highest BCUT2D eigenvalue weighted by atomic mass is 16.5. The molecule has 2 rings (SSSR count). The summed E-state index contributed by atoms with van der Waals surface area (Å²) in [6.45, 7) is 4.32. The Labute approximate surface area is 109 Å². The van der Waals surface area contributed by atoms with Gasteiger partial charge in [-0.05, 0) is 51.7 Å². The van der Waals surface area contributed by atoms with Gasteiger partial charge in [0, 0.05) is 0 Å². The van der Waals surface area contributed by atoms with Gasteiger partial charge in [-0.15, -0.1) is 0 Å². The van der Waals surface area contributed by atoms with Gasteiger partial charge in [-0.25, -0.2) is 4.79 Å². The summed E-state index contributed by atoms with van der Waals surface area (Å²) < 4.78 is 5.54. The highest BCUT2D eigenvalue weighted by molar-refractivity contribution is 5.89. The highest BCUT2D eigenvalue weighted by Gasteiger charge is 2.21. The second-order valence-electron chi connectivity index (χ2n) is 5.07. The molecular formula is C16H20O2. The molecule has 0 aromatic heterocycles.